The summed E-state index contributed by atoms with van der Waals surface area (Å²) in [5.41, 5.74) is 0.959. The molecule has 0 aliphatic heterocycles. The van der Waals surface area contributed by atoms with Crippen LogP contribution in [0.3, 0.4) is 0 Å². The van der Waals surface area contributed by atoms with Crippen LogP contribution in [-0.2, 0) is 11.3 Å². The third-order valence-electron chi connectivity index (χ3n) is 4.23. The quantitative estimate of drug-likeness (QED) is 0.416. The Morgan fingerprint density at radius 1 is 1.30 bits per heavy atom. The summed E-state index contributed by atoms with van der Waals surface area (Å²) < 4.78 is 12.0. The first-order valence-corrected chi connectivity index (χ1v) is 9.66. The lowest BCUT2D eigenvalue weighted by atomic mass is 10.2. The maximum atomic E-state index is 12.2. The van der Waals surface area contributed by atoms with Gasteiger partial charge in [-0.25, -0.2) is 4.79 Å². The first kappa shape index (κ1) is 21.4. The molecule has 0 radical (unpaired) electrons. The molecule has 3 rings (SSSR count). The number of ether oxygens (including phenoxy) is 1. The molecule has 2 aromatic carbocycles. The lowest BCUT2D eigenvalue weighted by Gasteiger charge is -2.12. The van der Waals surface area contributed by atoms with Crippen LogP contribution in [0.15, 0.2) is 45.6 Å². The van der Waals surface area contributed by atoms with Gasteiger partial charge in [0.05, 0.1) is 27.6 Å². The van der Waals surface area contributed by atoms with E-state index in [4.69, 9.17) is 20.8 Å². The van der Waals surface area contributed by atoms with Crippen LogP contribution in [0, 0.1) is 10.1 Å². The zero-order chi connectivity index (χ0) is 21.8. The maximum Gasteiger partial charge on any atom is 0.419 e. The fourth-order valence-corrected chi connectivity index (χ4v) is 3.15. The molecule has 158 valence electrons. The van der Waals surface area contributed by atoms with E-state index >= 15 is 0 Å². The minimum atomic E-state index is -0.626. The third kappa shape index (κ3) is 4.98. The van der Waals surface area contributed by atoms with Crippen LogP contribution in [0.2, 0.25) is 5.02 Å². The summed E-state index contributed by atoms with van der Waals surface area (Å²) in [6.07, 6.45) is 0.518. The number of amides is 1. The van der Waals surface area contributed by atoms with Gasteiger partial charge in [0.1, 0.15) is 5.75 Å². The highest BCUT2D eigenvalue weighted by molar-refractivity contribution is 6.32. The van der Waals surface area contributed by atoms with Crippen LogP contribution in [0.1, 0.15) is 26.7 Å². The van der Waals surface area contributed by atoms with E-state index in [9.17, 15) is 19.7 Å². The first-order valence-electron chi connectivity index (χ1n) is 9.28. The summed E-state index contributed by atoms with van der Waals surface area (Å²) in [6, 6.07) is 8.96. The highest BCUT2D eigenvalue weighted by Gasteiger charge is 2.14. The van der Waals surface area contributed by atoms with Crippen molar-refractivity contribution in [2.24, 2.45) is 0 Å². The molecule has 0 unspecified atom stereocenters. The number of non-ortho nitro benzene ring substituents is 1. The molecule has 0 aliphatic carbocycles. The molecule has 0 atom stereocenters. The molecular formula is C20H20ClN3O6. The Labute approximate surface area is 176 Å². The fourth-order valence-electron chi connectivity index (χ4n) is 2.93. The minimum Gasteiger partial charge on any atom is -0.489 e. The van der Waals surface area contributed by atoms with Gasteiger partial charge in [0.15, 0.2) is 5.58 Å². The Kier molecular flexibility index (Phi) is 6.41. The molecule has 0 saturated carbocycles. The third-order valence-corrected chi connectivity index (χ3v) is 4.52. The molecule has 0 fully saturated rings. The van der Waals surface area contributed by atoms with Crippen molar-refractivity contribution < 1.29 is 18.9 Å². The molecule has 0 saturated heterocycles. The van der Waals surface area contributed by atoms with Crippen LogP contribution in [0.25, 0.3) is 11.1 Å². The van der Waals surface area contributed by atoms with E-state index in [1.165, 1.54) is 22.8 Å². The Balaban J connectivity index is 1.59. The number of hydrogen-bond donors (Lipinski definition) is 1. The number of rotatable bonds is 8. The van der Waals surface area contributed by atoms with Gasteiger partial charge in [-0.1, -0.05) is 11.6 Å². The van der Waals surface area contributed by atoms with Crippen molar-refractivity contribution in [3.05, 3.63) is 62.1 Å². The van der Waals surface area contributed by atoms with Gasteiger partial charge in [0, 0.05) is 24.7 Å². The lowest BCUT2D eigenvalue weighted by Crippen LogP contribution is -2.17. The number of nitrogens with zero attached hydrogens (tertiary/aromatic N) is 2. The molecule has 0 aliphatic rings. The number of anilines is 1. The van der Waals surface area contributed by atoms with E-state index in [1.807, 2.05) is 13.8 Å². The van der Waals surface area contributed by atoms with Crippen LogP contribution in [0.5, 0.6) is 5.75 Å². The number of benzene rings is 2. The Morgan fingerprint density at radius 2 is 2.07 bits per heavy atom. The molecule has 30 heavy (non-hydrogen) atoms. The number of carbonyl (C=O) groups excluding carboxylic acids is 1. The van der Waals surface area contributed by atoms with Gasteiger partial charge in [-0.05, 0) is 44.5 Å². The van der Waals surface area contributed by atoms with E-state index in [0.29, 0.717) is 28.4 Å². The summed E-state index contributed by atoms with van der Waals surface area (Å²) in [4.78, 5) is 34.5. The van der Waals surface area contributed by atoms with Gasteiger partial charge in [0.2, 0.25) is 5.91 Å². The molecule has 1 amide bonds. The highest BCUT2D eigenvalue weighted by atomic mass is 35.5. The molecule has 0 spiro atoms. The van der Waals surface area contributed by atoms with E-state index < -0.39 is 10.7 Å². The minimum absolute atomic E-state index is 0.0171. The largest absolute Gasteiger partial charge is 0.489 e. The summed E-state index contributed by atoms with van der Waals surface area (Å²) in [5.74, 6) is -0.324. The predicted octanol–water partition coefficient (Wildman–Crippen LogP) is 4.36. The zero-order valence-electron chi connectivity index (χ0n) is 16.4. The van der Waals surface area contributed by atoms with Crippen LogP contribution in [-0.4, -0.2) is 21.5 Å². The van der Waals surface area contributed by atoms with Crippen molar-refractivity contribution in [3.63, 3.8) is 0 Å². The summed E-state index contributed by atoms with van der Waals surface area (Å²) >= 11 is 6.17. The second-order valence-corrected chi connectivity index (χ2v) is 7.30. The number of hydrogen-bond acceptors (Lipinski definition) is 6. The first-order chi connectivity index (χ1) is 14.2. The van der Waals surface area contributed by atoms with Gasteiger partial charge in [-0.2, -0.15) is 0 Å². The number of aryl methyl sites for hydroxylation is 1. The van der Waals surface area contributed by atoms with E-state index in [-0.39, 0.29) is 36.2 Å². The average Bonchev–Trinajstić information content (AvgIpc) is 2.98. The van der Waals surface area contributed by atoms with Crippen LogP contribution < -0.4 is 15.8 Å². The van der Waals surface area contributed by atoms with Crippen molar-refractivity contribution in [1.29, 1.82) is 0 Å². The standard InChI is InChI=1S/C20H20ClN3O6/c1-12(2)29-17-8-5-13(10-15(17)21)22-19(25)4-3-9-23-16-7-6-14(24(27)28)11-18(16)30-20(23)26/h5-8,10-12H,3-4,9H2,1-2H3,(H,22,25). The Bertz CT molecular complexity index is 1150. The van der Waals surface area contributed by atoms with Crippen molar-refractivity contribution in [2.45, 2.75) is 39.3 Å². The molecule has 3 aromatic rings. The normalized spacial score (nSPS) is 11.1. The van der Waals surface area contributed by atoms with Gasteiger partial charge in [-0.3, -0.25) is 19.5 Å². The molecule has 1 heterocycles. The predicted molar refractivity (Wildman–Crippen MR) is 112 cm³/mol. The topological polar surface area (TPSA) is 117 Å². The Morgan fingerprint density at radius 3 is 2.73 bits per heavy atom. The van der Waals surface area contributed by atoms with Gasteiger partial charge < -0.3 is 14.5 Å². The fraction of sp³-hybridized carbons (Fsp3) is 0.300. The number of aromatic nitrogens is 1. The highest BCUT2D eigenvalue weighted by Crippen LogP contribution is 2.28. The monoisotopic (exact) mass is 433 g/mol. The second-order valence-electron chi connectivity index (χ2n) is 6.89. The molecule has 1 aromatic heterocycles. The van der Waals surface area contributed by atoms with E-state index in [1.54, 1.807) is 18.2 Å². The summed E-state index contributed by atoms with van der Waals surface area (Å²) in [7, 11) is 0. The smallest absolute Gasteiger partial charge is 0.419 e. The van der Waals surface area contributed by atoms with Gasteiger partial charge in [0.25, 0.3) is 5.69 Å². The lowest BCUT2D eigenvalue weighted by molar-refractivity contribution is -0.384. The second kappa shape index (κ2) is 9.00. The van der Waals surface area contributed by atoms with Gasteiger partial charge in [-0.15, -0.1) is 0 Å². The molecule has 10 heteroatoms. The van der Waals surface area contributed by atoms with E-state index in [2.05, 4.69) is 5.32 Å². The summed E-state index contributed by atoms with van der Waals surface area (Å²) in [5, 5.41) is 14.0. The van der Waals surface area contributed by atoms with Crippen molar-refractivity contribution >= 4 is 40.0 Å². The van der Waals surface area contributed by atoms with Crippen molar-refractivity contribution in [1.82, 2.24) is 4.57 Å². The van der Waals surface area contributed by atoms with E-state index in [0.717, 1.165) is 0 Å². The maximum absolute atomic E-state index is 12.2. The number of nitro benzene ring substituents is 1. The van der Waals surface area contributed by atoms with Crippen molar-refractivity contribution in [2.75, 3.05) is 5.32 Å². The van der Waals surface area contributed by atoms with Gasteiger partial charge >= 0.3 is 5.76 Å². The molecule has 1 N–H and O–H groups in total. The van der Waals surface area contributed by atoms with Crippen LogP contribution in [0.4, 0.5) is 11.4 Å². The average molecular weight is 434 g/mol. The number of nitrogens with one attached hydrogen (secondary N) is 1. The molecule has 0 bridgehead atoms. The van der Waals surface area contributed by atoms with Crippen LogP contribution >= 0.6 is 11.6 Å². The number of fused-ring (bicyclic) bond motifs is 1. The van der Waals surface area contributed by atoms with Crippen molar-refractivity contribution in [3.8, 4) is 5.75 Å². The Hall–Kier alpha value is -3.33. The SMILES string of the molecule is CC(C)Oc1ccc(NC(=O)CCCn2c(=O)oc3cc([N+](=O)[O-])ccc32)cc1Cl. The summed E-state index contributed by atoms with van der Waals surface area (Å²) in [6.45, 7) is 4.02. The molecular weight excluding hydrogens is 414 g/mol. The number of nitro groups is 1. The number of halogens is 1. The molecule has 9 nitrogen and oxygen atoms in total. The number of oxazole rings is 1. The number of carbonyl (C=O) groups is 1. The zero-order valence-corrected chi connectivity index (χ0v) is 17.1.